The molecule has 1 fully saturated rings. The van der Waals surface area contributed by atoms with E-state index < -0.39 is 4.87 Å². The lowest BCUT2D eigenvalue weighted by molar-refractivity contribution is -0.138. The summed E-state index contributed by atoms with van der Waals surface area (Å²) in [4.78, 5) is 27.8. The second kappa shape index (κ2) is 5.88. The molecule has 0 bridgehead atoms. The largest absolute Gasteiger partial charge is 0.315 e. The highest BCUT2D eigenvalue weighted by Gasteiger charge is 2.58. The van der Waals surface area contributed by atoms with Gasteiger partial charge in [0.15, 0.2) is 4.87 Å². The zero-order chi connectivity index (χ0) is 17.6. The summed E-state index contributed by atoms with van der Waals surface area (Å²) < 4.78 is 14.1. The summed E-state index contributed by atoms with van der Waals surface area (Å²) in [5.74, 6) is 0.0690. The number of anilines is 1. The molecule has 0 unspecified atom stereocenters. The average molecular weight is 356 g/mol. The van der Waals surface area contributed by atoms with Crippen molar-refractivity contribution in [2.24, 2.45) is 0 Å². The SMILES string of the molecule is CC(=O)N1CCS[C@@]12C(=O)N(Cc1ccccc1F)c1ccccc12. The van der Waals surface area contributed by atoms with Crippen LogP contribution in [0.1, 0.15) is 18.1 Å². The van der Waals surface area contributed by atoms with Crippen LogP contribution in [0.5, 0.6) is 0 Å². The number of hydrogen-bond donors (Lipinski definition) is 0. The van der Waals surface area contributed by atoms with Gasteiger partial charge in [0, 0.05) is 30.3 Å². The van der Waals surface area contributed by atoms with Crippen LogP contribution in [0.4, 0.5) is 10.1 Å². The molecule has 0 N–H and O–H groups in total. The topological polar surface area (TPSA) is 40.6 Å². The van der Waals surface area contributed by atoms with Crippen LogP contribution in [0.15, 0.2) is 48.5 Å². The Kier molecular flexibility index (Phi) is 3.80. The minimum atomic E-state index is -1.02. The molecule has 6 heteroatoms. The zero-order valence-corrected chi connectivity index (χ0v) is 14.6. The lowest BCUT2D eigenvalue weighted by atomic mass is 10.1. The van der Waals surface area contributed by atoms with Crippen LogP contribution in [-0.4, -0.2) is 29.0 Å². The highest BCUT2D eigenvalue weighted by atomic mass is 32.2. The van der Waals surface area contributed by atoms with Gasteiger partial charge in [-0.05, 0) is 12.1 Å². The molecule has 1 atom stereocenters. The molecule has 0 aliphatic carbocycles. The predicted octanol–water partition coefficient (Wildman–Crippen LogP) is 3.12. The average Bonchev–Trinajstić information content (AvgIpc) is 3.15. The molecular formula is C19H17FN2O2S. The van der Waals surface area contributed by atoms with E-state index in [4.69, 9.17) is 0 Å². The number of carbonyl (C=O) groups is 2. The number of nitrogens with zero attached hydrogens (tertiary/aromatic N) is 2. The number of hydrogen-bond acceptors (Lipinski definition) is 3. The number of thioether (sulfide) groups is 1. The lowest BCUT2D eigenvalue weighted by Gasteiger charge is -2.32. The number of rotatable bonds is 2. The van der Waals surface area contributed by atoms with Crippen molar-refractivity contribution in [3.8, 4) is 0 Å². The van der Waals surface area contributed by atoms with Crippen LogP contribution in [0.25, 0.3) is 0 Å². The third-order valence-electron chi connectivity index (χ3n) is 4.77. The fourth-order valence-electron chi connectivity index (χ4n) is 3.66. The molecule has 0 aromatic heterocycles. The van der Waals surface area contributed by atoms with Crippen LogP contribution < -0.4 is 4.90 Å². The molecule has 4 nitrogen and oxygen atoms in total. The molecule has 1 spiro atoms. The van der Waals surface area contributed by atoms with Crippen LogP contribution in [-0.2, 0) is 21.0 Å². The maximum atomic E-state index is 14.1. The standard InChI is InChI=1S/C19H17FN2O2S/c1-13(23)22-10-11-25-19(22)15-7-3-5-9-17(15)21(18(19)24)12-14-6-2-4-8-16(14)20/h2-9H,10-12H2,1H3/t19-/m0/s1. The lowest BCUT2D eigenvalue weighted by Crippen LogP contribution is -2.49. The van der Waals surface area contributed by atoms with Gasteiger partial charge in [-0.25, -0.2) is 4.39 Å². The molecule has 0 saturated carbocycles. The van der Waals surface area contributed by atoms with Crippen molar-refractivity contribution in [1.82, 2.24) is 4.90 Å². The van der Waals surface area contributed by atoms with Crippen molar-refractivity contribution >= 4 is 29.3 Å². The molecule has 2 aromatic carbocycles. The van der Waals surface area contributed by atoms with Crippen molar-refractivity contribution in [3.63, 3.8) is 0 Å². The summed E-state index contributed by atoms with van der Waals surface area (Å²) in [6.45, 7) is 2.17. The molecule has 128 valence electrons. The number of carbonyl (C=O) groups excluding carboxylic acids is 2. The normalized spacial score (nSPS) is 21.9. The number of benzene rings is 2. The molecule has 0 radical (unpaired) electrons. The third kappa shape index (κ3) is 2.28. The van der Waals surface area contributed by atoms with Gasteiger partial charge in [0.25, 0.3) is 5.91 Å². The molecule has 4 rings (SSSR count). The Hall–Kier alpha value is -2.34. The summed E-state index contributed by atoms with van der Waals surface area (Å²) in [5, 5.41) is 0. The van der Waals surface area contributed by atoms with Gasteiger partial charge < -0.3 is 9.80 Å². The molecule has 2 amide bonds. The highest BCUT2D eigenvalue weighted by molar-refractivity contribution is 8.01. The summed E-state index contributed by atoms with van der Waals surface area (Å²) >= 11 is 1.48. The highest BCUT2D eigenvalue weighted by Crippen LogP contribution is 2.54. The van der Waals surface area contributed by atoms with Crippen LogP contribution >= 0.6 is 11.8 Å². The second-order valence-corrected chi connectivity index (χ2v) is 7.45. The summed E-state index contributed by atoms with van der Waals surface area (Å²) in [5.41, 5.74) is 2.02. The third-order valence-corrected chi connectivity index (χ3v) is 6.19. The van der Waals surface area contributed by atoms with E-state index in [1.165, 1.54) is 24.8 Å². The molecule has 2 aromatic rings. The molecule has 25 heavy (non-hydrogen) atoms. The summed E-state index contributed by atoms with van der Waals surface area (Å²) in [7, 11) is 0. The minimum Gasteiger partial charge on any atom is -0.315 e. The Balaban J connectivity index is 1.82. The Bertz CT molecular complexity index is 872. The van der Waals surface area contributed by atoms with E-state index in [0.717, 1.165) is 11.3 Å². The van der Waals surface area contributed by atoms with Gasteiger partial charge in [0.2, 0.25) is 5.91 Å². The van der Waals surface area contributed by atoms with Gasteiger partial charge in [0.1, 0.15) is 5.82 Å². The fraction of sp³-hybridized carbons (Fsp3) is 0.263. The maximum Gasteiger partial charge on any atom is 0.268 e. The Labute approximate surface area is 149 Å². The molecule has 2 aliphatic rings. The van der Waals surface area contributed by atoms with E-state index in [-0.39, 0.29) is 24.2 Å². The van der Waals surface area contributed by atoms with E-state index in [9.17, 15) is 14.0 Å². The van der Waals surface area contributed by atoms with E-state index in [0.29, 0.717) is 17.9 Å². The zero-order valence-electron chi connectivity index (χ0n) is 13.7. The van der Waals surface area contributed by atoms with Gasteiger partial charge in [-0.1, -0.05) is 36.4 Å². The van der Waals surface area contributed by atoms with Crippen molar-refractivity contribution in [2.75, 3.05) is 17.2 Å². The minimum absolute atomic E-state index is 0.124. The van der Waals surface area contributed by atoms with Gasteiger partial charge in [-0.3, -0.25) is 9.59 Å². The first-order chi connectivity index (χ1) is 12.1. The summed E-state index contributed by atoms with van der Waals surface area (Å²) in [6, 6.07) is 13.9. The van der Waals surface area contributed by atoms with Crippen LogP contribution in [0.2, 0.25) is 0 Å². The molecule has 1 saturated heterocycles. The Morgan fingerprint density at radius 1 is 1.20 bits per heavy atom. The maximum absolute atomic E-state index is 14.1. The molecular weight excluding hydrogens is 339 g/mol. The van der Waals surface area contributed by atoms with Gasteiger partial charge >= 0.3 is 0 Å². The quantitative estimate of drug-likeness (QED) is 0.830. The smallest absolute Gasteiger partial charge is 0.268 e. The summed E-state index contributed by atoms with van der Waals surface area (Å²) in [6.07, 6.45) is 0. The first kappa shape index (κ1) is 16.1. The van der Waals surface area contributed by atoms with Crippen LogP contribution in [0, 0.1) is 5.82 Å². The van der Waals surface area contributed by atoms with E-state index in [2.05, 4.69) is 0 Å². The van der Waals surface area contributed by atoms with Gasteiger partial charge in [0.05, 0.1) is 12.2 Å². The molecule has 2 heterocycles. The first-order valence-electron chi connectivity index (χ1n) is 8.13. The number of fused-ring (bicyclic) bond motifs is 2. The predicted molar refractivity (Wildman–Crippen MR) is 95.6 cm³/mol. The Morgan fingerprint density at radius 2 is 1.92 bits per heavy atom. The number of amides is 2. The van der Waals surface area contributed by atoms with Gasteiger partial charge in [-0.2, -0.15) is 0 Å². The van der Waals surface area contributed by atoms with Crippen molar-refractivity contribution in [1.29, 1.82) is 0 Å². The van der Waals surface area contributed by atoms with Crippen LogP contribution in [0.3, 0.4) is 0 Å². The number of para-hydroxylation sites is 1. The van der Waals surface area contributed by atoms with Crippen molar-refractivity contribution < 1.29 is 14.0 Å². The first-order valence-corrected chi connectivity index (χ1v) is 9.11. The fourth-order valence-corrected chi connectivity index (χ4v) is 5.16. The van der Waals surface area contributed by atoms with E-state index in [1.807, 2.05) is 24.3 Å². The van der Waals surface area contributed by atoms with E-state index >= 15 is 0 Å². The molecule has 2 aliphatic heterocycles. The van der Waals surface area contributed by atoms with Crippen molar-refractivity contribution in [2.45, 2.75) is 18.3 Å². The Morgan fingerprint density at radius 3 is 2.68 bits per heavy atom. The van der Waals surface area contributed by atoms with Gasteiger partial charge in [-0.15, -0.1) is 11.8 Å². The second-order valence-electron chi connectivity index (χ2n) is 6.16. The van der Waals surface area contributed by atoms with Crippen molar-refractivity contribution in [3.05, 3.63) is 65.5 Å². The van der Waals surface area contributed by atoms with E-state index in [1.54, 1.807) is 28.0 Å². The number of halogens is 1. The monoisotopic (exact) mass is 356 g/mol.